The van der Waals surface area contributed by atoms with Gasteiger partial charge >= 0.3 is 0 Å². The van der Waals surface area contributed by atoms with Crippen molar-refractivity contribution in [2.75, 3.05) is 46.8 Å². The third-order valence-corrected chi connectivity index (χ3v) is 5.43. The molecule has 0 aromatic heterocycles. The molecule has 0 bridgehead atoms. The van der Waals surface area contributed by atoms with Crippen LogP contribution in [0.4, 0.5) is 0 Å². The number of guanidine groups is 1. The van der Waals surface area contributed by atoms with Crippen molar-refractivity contribution in [1.82, 2.24) is 20.4 Å². The summed E-state index contributed by atoms with van der Waals surface area (Å²) in [5, 5.41) is 6.89. The lowest BCUT2D eigenvalue weighted by molar-refractivity contribution is 0.116. The van der Waals surface area contributed by atoms with E-state index < -0.39 is 0 Å². The Kier molecular flexibility index (Phi) is 10.6. The number of aliphatic imine (C=N–C) groups is 1. The molecule has 1 heterocycles. The van der Waals surface area contributed by atoms with Crippen molar-refractivity contribution >= 4 is 29.9 Å². The fourth-order valence-corrected chi connectivity index (χ4v) is 3.55. The summed E-state index contributed by atoms with van der Waals surface area (Å²) < 4.78 is 6.14. The molecule has 0 radical (unpaired) electrons. The highest BCUT2D eigenvalue weighted by Gasteiger charge is 2.22. The summed E-state index contributed by atoms with van der Waals surface area (Å²) in [5.74, 6) is 2.53. The summed E-state index contributed by atoms with van der Waals surface area (Å²) in [6.07, 6.45) is 0. The molecule has 0 amide bonds. The monoisotopic (exact) mass is 537 g/mol. The van der Waals surface area contributed by atoms with Crippen molar-refractivity contribution in [3.05, 3.63) is 59.7 Å². The highest BCUT2D eigenvalue weighted by Crippen LogP contribution is 2.27. The number of para-hydroxylation sites is 1. The van der Waals surface area contributed by atoms with Gasteiger partial charge < -0.3 is 20.3 Å². The molecule has 2 aromatic carbocycles. The average molecular weight is 537 g/mol. The summed E-state index contributed by atoms with van der Waals surface area (Å²) in [6, 6.07) is 16.7. The second-order valence-corrected chi connectivity index (χ2v) is 8.00. The summed E-state index contributed by atoms with van der Waals surface area (Å²) in [6.45, 7) is 9.70. The van der Waals surface area contributed by atoms with Gasteiger partial charge in [0.05, 0.1) is 6.54 Å². The van der Waals surface area contributed by atoms with Gasteiger partial charge in [0, 0.05) is 44.3 Å². The summed E-state index contributed by atoms with van der Waals surface area (Å²) >= 11 is 0. The van der Waals surface area contributed by atoms with E-state index in [-0.39, 0.29) is 24.0 Å². The predicted octanol–water partition coefficient (Wildman–Crippen LogP) is 3.71. The van der Waals surface area contributed by atoms with Crippen LogP contribution >= 0.6 is 24.0 Å². The van der Waals surface area contributed by atoms with Crippen molar-refractivity contribution in [2.45, 2.75) is 26.4 Å². The van der Waals surface area contributed by atoms with E-state index in [9.17, 15) is 0 Å². The Labute approximate surface area is 204 Å². The molecule has 31 heavy (non-hydrogen) atoms. The first-order chi connectivity index (χ1) is 14.5. The molecule has 3 rings (SSSR count). The molecule has 7 heteroatoms. The maximum atomic E-state index is 6.14. The van der Waals surface area contributed by atoms with Gasteiger partial charge in [-0.2, -0.15) is 0 Å². The first-order valence-electron chi connectivity index (χ1n) is 10.8. The Morgan fingerprint density at radius 2 is 1.87 bits per heavy atom. The van der Waals surface area contributed by atoms with E-state index in [1.807, 2.05) is 30.3 Å². The Balaban J connectivity index is 0.00000341. The number of benzene rings is 2. The lowest BCUT2D eigenvalue weighted by Crippen LogP contribution is -2.55. The van der Waals surface area contributed by atoms with E-state index in [0.29, 0.717) is 12.6 Å². The lowest BCUT2D eigenvalue weighted by atomic mass is 10.1. The van der Waals surface area contributed by atoms with Crippen LogP contribution in [0, 0.1) is 6.92 Å². The number of aryl methyl sites for hydroxylation is 1. The fourth-order valence-electron chi connectivity index (χ4n) is 3.55. The maximum absolute atomic E-state index is 6.14. The number of nitrogens with one attached hydrogen (secondary N) is 2. The minimum absolute atomic E-state index is 0. The van der Waals surface area contributed by atoms with Gasteiger partial charge in [-0.3, -0.25) is 4.90 Å². The van der Waals surface area contributed by atoms with Crippen LogP contribution in [0.5, 0.6) is 11.5 Å². The van der Waals surface area contributed by atoms with Crippen molar-refractivity contribution in [3.8, 4) is 11.5 Å². The molecular formula is C24H36IN5O. The molecule has 1 aliphatic heterocycles. The van der Waals surface area contributed by atoms with Crippen LogP contribution < -0.4 is 15.4 Å². The van der Waals surface area contributed by atoms with E-state index in [2.05, 4.69) is 66.6 Å². The van der Waals surface area contributed by atoms with Crippen LogP contribution in [0.3, 0.4) is 0 Å². The van der Waals surface area contributed by atoms with E-state index in [1.54, 1.807) is 0 Å². The van der Waals surface area contributed by atoms with Crippen molar-refractivity contribution < 1.29 is 4.74 Å². The number of hydrogen-bond acceptors (Lipinski definition) is 4. The molecule has 1 unspecified atom stereocenters. The van der Waals surface area contributed by atoms with Crippen molar-refractivity contribution in [2.24, 2.45) is 4.99 Å². The molecule has 170 valence electrons. The van der Waals surface area contributed by atoms with E-state index in [4.69, 9.17) is 9.73 Å². The Morgan fingerprint density at radius 1 is 1.10 bits per heavy atom. The number of rotatable bonds is 7. The SMILES string of the molecule is CCNC(=NCc1ccc(C)cc1Oc1ccccc1)NCC1CN(C)CCN1C.I. The molecule has 2 aromatic rings. The topological polar surface area (TPSA) is 52.1 Å². The fraction of sp³-hybridized carbons (Fsp3) is 0.458. The molecule has 1 saturated heterocycles. The molecule has 2 N–H and O–H groups in total. The average Bonchev–Trinajstić information content (AvgIpc) is 2.74. The molecule has 0 aliphatic carbocycles. The third-order valence-electron chi connectivity index (χ3n) is 5.43. The van der Waals surface area contributed by atoms with Gasteiger partial charge in [-0.1, -0.05) is 30.3 Å². The lowest BCUT2D eigenvalue weighted by Gasteiger charge is -2.37. The molecular weight excluding hydrogens is 501 g/mol. The van der Waals surface area contributed by atoms with Crippen LogP contribution in [0.1, 0.15) is 18.1 Å². The zero-order valence-electron chi connectivity index (χ0n) is 19.1. The highest BCUT2D eigenvalue weighted by atomic mass is 127. The van der Waals surface area contributed by atoms with E-state index >= 15 is 0 Å². The summed E-state index contributed by atoms with van der Waals surface area (Å²) in [7, 11) is 4.38. The smallest absolute Gasteiger partial charge is 0.191 e. The van der Waals surface area contributed by atoms with Crippen LogP contribution in [0.15, 0.2) is 53.5 Å². The predicted molar refractivity (Wildman–Crippen MR) is 140 cm³/mol. The first-order valence-corrected chi connectivity index (χ1v) is 10.8. The molecule has 1 aliphatic rings. The van der Waals surface area contributed by atoms with Gasteiger partial charge in [0.1, 0.15) is 11.5 Å². The maximum Gasteiger partial charge on any atom is 0.191 e. The van der Waals surface area contributed by atoms with Gasteiger partial charge in [0.2, 0.25) is 0 Å². The van der Waals surface area contributed by atoms with Gasteiger partial charge in [-0.05, 0) is 51.7 Å². The Hall–Kier alpha value is -1.84. The second kappa shape index (κ2) is 12.9. The molecule has 6 nitrogen and oxygen atoms in total. The number of hydrogen-bond donors (Lipinski definition) is 2. The largest absolute Gasteiger partial charge is 0.457 e. The van der Waals surface area contributed by atoms with Crippen LogP contribution in [-0.4, -0.2) is 68.6 Å². The van der Waals surface area contributed by atoms with Gasteiger partial charge in [-0.15, -0.1) is 24.0 Å². The van der Waals surface area contributed by atoms with E-state index in [1.165, 1.54) is 5.56 Å². The zero-order chi connectivity index (χ0) is 21.3. The quantitative estimate of drug-likeness (QED) is 0.321. The van der Waals surface area contributed by atoms with Crippen LogP contribution in [0.2, 0.25) is 0 Å². The minimum atomic E-state index is 0. The van der Waals surface area contributed by atoms with Gasteiger partial charge in [0.25, 0.3) is 0 Å². The normalized spacial score (nSPS) is 17.7. The van der Waals surface area contributed by atoms with Gasteiger partial charge in [-0.25, -0.2) is 4.99 Å². The molecule has 1 atom stereocenters. The molecule has 1 fully saturated rings. The number of likely N-dealkylation sites (N-methyl/N-ethyl adjacent to an activating group) is 2. The Bertz CT molecular complexity index is 830. The third kappa shape index (κ3) is 7.97. The number of halogens is 1. The summed E-state index contributed by atoms with van der Waals surface area (Å²) in [4.78, 5) is 9.63. The van der Waals surface area contributed by atoms with Crippen molar-refractivity contribution in [3.63, 3.8) is 0 Å². The van der Waals surface area contributed by atoms with Crippen molar-refractivity contribution in [1.29, 1.82) is 0 Å². The second-order valence-electron chi connectivity index (χ2n) is 8.00. The standard InChI is InChI=1S/C24H35N5O.HI/c1-5-25-24(27-17-21-18-28(3)13-14-29(21)4)26-16-20-12-11-19(2)15-23(20)30-22-9-7-6-8-10-22;/h6-12,15,21H,5,13-14,16-18H2,1-4H3,(H2,25,26,27);1H. The van der Waals surface area contributed by atoms with Crippen LogP contribution in [-0.2, 0) is 6.54 Å². The Morgan fingerprint density at radius 3 is 2.61 bits per heavy atom. The number of ether oxygens (including phenoxy) is 1. The first kappa shape index (κ1) is 25.4. The zero-order valence-corrected chi connectivity index (χ0v) is 21.4. The van der Waals surface area contributed by atoms with E-state index in [0.717, 1.165) is 55.7 Å². The molecule has 0 spiro atoms. The number of piperazine rings is 1. The van der Waals surface area contributed by atoms with Gasteiger partial charge in [0.15, 0.2) is 5.96 Å². The van der Waals surface area contributed by atoms with Crippen LogP contribution in [0.25, 0.3) is 0 Å². The summed E-state index contributed by atoms with van der Waals surface area (Å²) in [5.41, 5.74) is 2.24. The minimum Gasteiger partial charge on any atom is -0.457 e. The number of nitrogens with zero attached hydrogens (tertiary/aromatic N) is 3. The molecule has 0 saturated carbocycles. The highest BCUT2D eigenvalue weighted by molar-refractivity contribution is 14.0.